The number of benzene rings is 1. The first kappa shape index (κ1) is 14.5. The third-order valence-electron chi connectivity index (χ3n) is 4.25. The molecule has 0 spiro atoms. The van der Waals surface area contributed by atoms with Gasteiger partial charge in [-0.1, -0.05) is 13.0 Å². The highest BCUT2D eigenvalue weighted by Gasteiger charge is 2.40. The van der Waals surface area contributed by atoms with Gasteiger partial charge in [0.25, 0.3) is 0 Å². The van der Waals surface area contributed by atoms with Gasteiger partial charge in [0.2, 0.25) is 0 Å². The Morgan fingerprint density at radius 2 is 2.33 bits per heavy atom. The molecule has 2 aromatic rings. The molecule has 1 aliphatic rings. The molecule has 1 atom stereocenters. The van der Waals surface area contributed by atoms with Crippen molar-refractivity contribution < 1.29 is 4.74 Å². The molecule has 0 radical (unpaired) electrons. The Labute approximate surface area is 130 Å². The van der Waals surface area contributed by atoms with E-state index < -0.39 is 0 Å². The number of aromatic nitrogens is 1. The SMILES string of the molecule is CCCNC1(c2nccs2)CCCc2ccc(OC)cc21. The summed E-state index contributed by atoms with van der Waals surface area (Å²) in [6, 6.07) is 6.47. The van der Waals surface area contributed by atoms with Crippen LogP contribution in [0.1, 0.15) is 42.3 Å². The lowest BCUT2D eigenvalue weighted by Gasteiger charge is -2.39. The van der Waals surface area contributed by atoms with Crippen molar-refractivity contribution in [3.8, 4) is 5.75 Å². The molecule has 112 valence electrons. The van der Waals surface area contributed by atoms with Crippen LogP contribution in [0.3, 0.4) is 0 Å². The topological polar surface area (TPSA) is 34.2 Å². The van der Waals surface area contributed by atoms with Crippen LogP contribution in [0, 0.1) is 0 Å². The number of aryl methyl sites for hydroxylation is 1. The van der Waals surface area contributed by atoms with E-state index in [1.54, 1.807) is 18.4 Å². The average molecular weight is 302 g/mol. The van der Waals surface area contributed by atoms with Gasteiger partial charge in [-0.3, -0.25) is 0 Å². The molecule has 0 fully saturated rings. The molecule has 21 heavy (non-hydrogen) atoms. The Morgan fingerprint density at radius 3 is 3.05 bits per heavy atom. The molecule has 0 saturated carbocycles. The Hall–Kier alpha value is -1.39. The fraction of sp³-hybridized carbons (Fsp3) is 0.471. The van der Waals surface area contributed by atoms with Crippen LogP contribution in [0.2, 0.25) is 0 Å². The van der Waals surface area contributed by atoms with E-state index in [9.17, 15) is 0 Å². The van der Waals surface area contributed by atoms with Gasteiger partial charge in [0.15, 0.2) is 0 Å². The molecule has 1 aromatic heterocycles. The minimum atomic E-state index is -0.147. The molecular weight excluding hydrogens is 280 g/mol. The summed E-state index contributed by atoms with van der Waals surface area (Å²) in [6.07, 6.45) is 6.45. The van der Waals surface area contributed by atoms with E-state index in [0.29, 0.717) is 0 Å². The summed E-state index contributed by atoms with van der Waals surface area (Å²) in [4.78, 5) is 4.63. The molecule has 1 heterocycles. The number of hydrogen-bond donors (Lipinski definition) is 1. The van der Waals surface area contributed by atoms with Crippen LogP contribution >= 0.6 is 11.3 Å². The van der Waals surface area contributed by atoms with E-state index in [4.69, 9.17) is 4.74 Å². The normalized spacial score (nSPS) is 21.0. The number of thiazole rings is 1. The first-order valence-corrected chi connectivity index (χ1v) is 8.50. The third kappa shape index (κ3) is 2.58. The molecule has 0 saturated heterocycles. The van der Waals surface area contributed by atoms with Gasteiger partial charge in [-0.05, 0) is 55.5 Å². The first-order valence-electron chi connectivity index (χ1n) is 7.62. The Balaban J connectivity index is 2.13. The van der Waals surface area contributed by atoms with Crippen LogP contribution in [-0.4, -0.2) is 18.6 Å². The van der Waals surface area contributed by atoms with Gasteiger partial charge in [0.05, 0.1) is 12.6 Å². The summed E-state index contributed by atoms with van der Waals surface area (Å²) in [5.41, 5.74) is 2.61. The van der Waals surface area contributed by atoms with Gasteiger partial charge in [-0.15, -0.1) is 11.3 Å². The van der Waals surface area contributed by atoms with E-state index in [2.05, 4.69) is 40.8 Å². The number of methoxy groups -OCH3 is 1. The predicted octanol–water partition coefficient (Wildman–Crippen LogP) is 3.73. The lowest BCUT2D eigenvalue weighted by molar-refractivity contribution is 0.339. The molecule has 1 aromatic carbocycles. The molecule has 3 rings (SSSR count). The zero-order valence-electron chi connectivity index (χ0n) is 12.7. The van der Waals surface area contributed by atoms with Gasteiger partial charge in [0.1, 0.15) is 10.8 Å². The maximum absolute atomic E-state index is 5.45. The second kappa shape index (κ2) is 6.16. The Bertz CT molecular complexity index is 597. The highest BCUT2D eigenvalue weighted by Crippen LogP contribution is 2.42. The lowest BCUT2D eigenvalue weighted by Crippen LogP contribution is -2.46. The molecular formula is C17H22N2OS. The van der Waals surface area contributed by atoms with Gasteiger partial charge in [0, 0.05) is 11.6 Å². The van der Waals surface area contributed by atoms with Gasteiger partial charge in [-0.2, -0.15) is 0 Å². The third-order valence-corrected chi connectivity index (χ3v) is 5.18. The molecule has 1 unspecified atom stereocenters. The molecule has 0 bridgehead atoms. The molecule has 0 amide bonds. The van der Waals surface area contributed by atoms with Crippen LogP contribution in [0.4, 0.5) is 0 Å². The maximum atomic E-state index is 5.45. The number of hydrogen-bond acceptors (Lipinski definition) is 4. The Morgan fingerprint density at radius 1 is 1.43 bits per heavy atom. The summed E-state index contributed by atoms with van der Waals surface area (Å²) < 4.78 is 5.45. The van der Waals surface area contributed by atoms with Gasteiger partial charge < -0.3 is 10.1 Å². The monoisotopic (exact) mass is 302 g/mol. The number of nitrogens with zero attached hydrogens (tertiary/aromatic N) is 1. The van der Waals surface area contributed by atoms with Crippen LogP contribution in [-0.2, 0) is 12.0 Å². The smallest absolute Gasteiger partial charge is 0.119 e. The van der Waals surface area contributed by atoms with Crippen molar-refractivity contribution in [3.05, 3.63) is 45.9 Å². The molecule has 0 aliphatic heterocycles. The quantitative estimate of drug-likeness (QED) is 0.914. The summed E-state index contributed by atoms with van der Waals surface area (Å²) in [5.74, 6) is 0.926. The highest BCUT2D eigenvalue weighted by atomic mass is 32.1. The number of rotatable bonds is 5. The maximum Gasteiger partial charge on any atom is 0.119 e. The minimum Gasteiger partial charge on any atom is -0.497 e. The zero-order chi connectivity index (χ0) is 14.7. The standard InChI is InChI=1S/C17H22N2OS/c1-3-9-19-17(16-18-10-11-21-16)8-4-5-13-6-7-14(20-2)12-15(13)17/h6-7,10-12,19H,3-5,8-9H2,1-2H3. The van der Waals surface area contributed by atoms with Crippen LogP contribution in [0.25, 0.3) is 0 Å². The predicted molar refractivity (Wildman–Crippen MR) is 87.1 cm³/mol. The Kier molecular flexibility index (Phi) is 4.27. The minimum absolute atomic E-state index is 0.147. The van der Waals surface area contributed by atoms with Crippen LogP contribution < -0.4 is 10.1 Å². The van der Waals surface area contributed by atoms with Crippen molar-refractivity contribution in [1.29, 1.82) is 0 Å². The molecule has 1 aliphatic carbocycles. The second-order valence-corrected chi connectivity index (χ2v) is 6.44. The average Bonchev–Trinajstić information content (AvgIpc) is 3.07. The summed E-state index contributed by atoms with van der Waals surface area (Å²) >= 11 is 1.74. The van der Waals surface area contributed by atoms with Crippen LogP contribution in [0.15, 0.2) is 29.8 Å². The van der Waals surface area contributed by atoms with Crippen molar-refractivity contribution >= 4 is 11.3 Å². The van der Waals surface area contributed by atoms with E-state index in [1.165, 1.54) is 22.6 Å². The van der Waals surface area contributed by atoms with Crippen molar-refractivity contribution in [2.24, 2.45) is 0 Å². The summed E-state index contributed by atoms with van der Waals surface area (Å²) in [6.45, 7) is 3.20. The van der Waals surface area contributed by atoms with E-state index >= 15 is 0 Å². The number of ether oxygens (including phenoxy) is 1. The lowest BCUT2D eigenvalue weighted by atomic mass is 9.76. The zero-order valence-corrected chi connectivity index (χ0v) is 13.5. The van der Waals surface area contributed by atoms with Crippen molar-refractivity contribution in [2.45, 2.75) is 38.1 Å². The van der Waals surface area contributed by atoms with E-state index in [0.717, 1.165) is 31.6 Å². The van der Waals surface area contributed by atoms with E-state index in [-0.39, 0.29) is 5.54 Å². The summed E-state index contributed by atoms with van der Waals surface area (Å²) in [5, 5.41) is 7.03. The largest absolute Gasteiger partial charge is 0.497 e. The van der Waals surface area contributed by atoms with Gasteiger partial charge in [-0.25, -0.2) is 4.98 Å². The first-order chi connectivity index (χ1) is 10.3. The fourth-order valence-corrected chi connectivity index (χ4v) is 4.09. The molecule has 4 heteroatoms. The number of fused-ring (bicyclic) bond motifs is 1. The van der Waals surface area contributed by atoms with E-state index in [1.807, 2.05) is 6.20 Å². The van der Waals surface area contributed by atoms with Crippen LogP contribution in [0.5, 0.6) is 5.75 Å². The number of nitrogens with one attached hydrogen (secondary N) is 1. The highest BCUT2D eigenvalue weighted by molar-refractivity contribution is 7.09. The van der Waals surface area contributed by atoms with Gasteiger partial charge >= 0.3 is 0 Å². The van der Waals surface area contributed by atoms with Crippen molar-refractivity contribution in [2.75, 3.05) is 13.7 Å². The molecule has 3 nitrogen and oxygen atoms in total. The van der Waals surface area contributed by atoms with Crippen molar-refractivity contribution in [3.63, 3.8) is 0 Å². The molecule has 1 N–H and O–H groups in total. The fourth-order valence-electron chi connectivity index (χ4n) is 3.23. The van der Waals surface area contributed by atoms with Crippen molar-refractivity contribution in [1.82, 2.24) is 10.3 Å². The second-order valence-electron chi connectivity index (χ2n) is 5.55. The summed E-state index contributed by atoms with van der Waals surface area (Å²) in [7, 11) is 1.73.